The van der Waals surface area contributed by atoms with Crippen molar-refractivity contribution in [2.24, 2.45) is 11.3 Å². The fourth-order valence-electron chi connectivity index (χ4n) is 1.43. The van der Waals surface area contributed by atoms with Gasteiger partial charge in [-0.1, -0.05) is 34.6 Å². The molecule has 0 aliphatic carbocycles. The van der Waals surface area contributed by atoms with Crippen molar-refractivity contribution in [3.63, 3.8) is 0 Å². The molecule has 0 aromatic heterocycles. The van der Waals surface area contributed by atoms with Gasteiger partial charge in [-0.3, -0.25) is 0 Å². The minimum atomic E-state index is 0.463. The Morgan fingerprint density at radius 1 is 1.07 bits per heavy atom. The molecule has 0 aromatic rings. The monoisotopic (exact) mass is 199 g/mol. The van der Waals surface area contributed by atoms with Gasteiger partial charge in [0, 0.05) is 6.04 Å². The summed E-state index contributed by atoms with van der Waals surface area (Å²) >= 11 is 0. The molecule has 86 valence electrons. The Hall–Kier alpha value is -0.0400. The summed E-state index contributed by atoms with van der Waals surface area (Å²) in [4.78, 5) is 0. The summed E-state index contributed by atoms with van der Waals surface area (Å²) in [6, 6.07) is 0.680. The molecule has 0 radical (unpaired) electrons. The maximum Gasteiger partial charge on any atom is 0.00388 e. The Labute approximate surface area is 90.7 Å². The number of nitrogens with one attached hydrogen (secondary N) is 1. The van der Waals surface area contributed by atoms with Crippen LogP contribution in [-0.4, -0.2) is 12.6 Å². The van der Waals surface area contributed by atoms with E-state index in [-0.39, 0.29) is 0 Å². The first-order chi connectivity index (χ1) is 6.38. The normalized spacial score (nSPS) is 16.7. The maximum atomic E-state index is 3.54. The first-order valence-corrected chi connectivity index (χ1v) is 6.11. The van der Waals surface area contributed by atoms with E-state index in [1.165, 1.54) is 19.3 Å². The SMILES string of the molecule is CCCNC(C)CCC(C)C(C)(C)C. The molecule has 1 heteroatoms. The van der Waals surface area contributed by atoms with Gasteiger partial charge >= 0.3 is 0 Å². The fourth-order valence-corrected chi connectivity index (χ4v) is 1.43. The predicted octanol–water partition coefficient (Wildman–Crippen LogP) is 3.84. The summed E-state index contributed by atoms with van der Waals surface area (Å²) in [5.41, 5.74) is 0.463. The topological polar surface area (TPSA) is 12.0 Å². The van der Waals surface area contributed by atoms with Gasteiger partial charge in [0.05, 0.1) is 0 Å². The van der Waals surface area contributed by atoms with Gasteiger partial charge in [0.1, 0.15) is 0 Å². The van der Waals surface area contributed by atoms with Crippen molar-refractivity contribution in [1.82, 2.24) is 5.32 Å². The van der Waals surface area contributed by atoms with Crippen LogP contribution in [0.1, 0.15) is 60.8 Å². The molecule has 0 saturated heterocycles. The van der Waals surface area contributed by atoms with Crippen LogP contribution >= 0.6 is 0 Å². The third-order valence-corrected chi connectivity index (χ3v) is 3.25. The highest BCUT2D eigenvalue weighted by Crippen LogP contribution is 2.29. The zero-order valence-electron chi connectivity index (χ0n) is 11.0. The fraction of sp³-hybridized carbons (Fsp3) is 1.00. The molecule has 0 aliphatic heterocycles. The molecule has 0 bridgehead atoms. The Kier molecular flexibility index (Phi) is 6.43. The molecule has 0 rings (SSSR count). The van der Waals surface area contributed by atoms with E-state index in [0.717, 1.165) is 12.5 Å². The number of rotatable bonds is 6. The van der Waals surface area contributed by atoms with Gasteiger partial charge in [0.25, 0.3) is 0 Å². The summed E-state index contributed by atoms with van der Waals surface area (Å²) in [7, 11) is 0. The minimum Gasteiger partial charge on any atom is -0.314 e. The average molecular weight is 199 g/mol. The maximum absolute atomic E-state index is 3.54. The molecule has 0 fully saturated rings. The molecule has 0 aliphatic rings. The summed E-state index contributed by atoms with van der Waals surface area (Å²) in [5, 5.41) is 3.54. The second kappa shape index (κ2) is 6.44. The molecule has 2 atom stereocenters. The Balaban J connectivity index is 3.61. The summed E-state index contributed by atoms with van der Waals surface area (Å²) in [6.45, 7) is 15.0. The van der Waals surface area contributed by atoms with Gasteiger partial charge in [-0.2, -0.15) is 0 Å². The van der Waals surface area contributed by atoms with Crippen molar-refractivity contribution in [1.29, 1.82) is 0 Å². The number of hydrogen-bond acceptors (Lipinski definition) is 1. The Morgan fingerprint density at radius 3 is 2.07 bits per heavy atom. The van der Waals surface area contributed by atoms with Gasteiger partial charge in [-0.15, -0.1) is 0 Å². The summed E-state index contributed by atoms with van der Waals surface area (Å²) in [6.07, 6.45) is 3.87. The van der Waals surface area contributed by atoms with E-state index in [1.807, 2.05) is 0 Å². The van der Waals surface area contributed by atoms with E-state index in [4.69, 9.17) is 0 Å². The van der Waals surface area contributed by atoms with Crippen molar-refractivity contribution in [3.05, 3.63) is 0 Å². The minimum absolute atomic E-state index is 0.463. The quantitative estimate of drug-likeness (QED) is 0.685. The lowest BCUT2D eigenvalue weighted by atomic mass is 9.79. The summed E-state index contributed by atoms with van der Waals surface area (Å²) in [5.74, 6) is 0.813. The first-order valence-electron chi connectivity index (χ1n) is 6.11. The van der Waals surface area contributed by atoms with Crippen LogP contribution in [0.15, 0.2) is 0 Å². The van der Waals surface area contributed by atoms with Crippen LogP contribution in [0.2, 0.25) is 0 Å². The van der Waals surface area contributed by atoms with E-state index < -0.39 is 0 Å². The van der Waals surface area contributed by atoms with Crippen LogP contribution < -0.4 is 5.32 Å². The molecule has 0 heterocycles. The van der Waals surface area contributed by atoms with Crippen molar-refractivity contribution >= 4 is 0 Å². The molecule has 2 unspecified atom stereocenters. The largest absolute Gasteiger partial charge is 0.314 e. The zero-order valence-corrected chi connectivity index (χ0v) is 11.0. The molecule has 0 saturated carbocycles. The Bertz CT molecular complexity index is 135. The Morgan fingerprint density at radius 2 is 1.64 bits per heavy atom. The van der Waals surface area contributed by atoms with Crippen molar-refractivity contribution in [2.75, 3.05) is 6.54 Å². The van der Waals surface area contributed by atoms with Crippen LogP contribution in [0.5, 0.6) is 0 Å². The van der Waals surface area contributed by atoms with E-state index in [9.17, 15) is 0 Å². The van der Waals surface area contributed by atoms with E-state index in [2.05, 4.69) is 46.9 Å². The van der Waals surface area contributed by atoms with Crippen LogP contribution in [-0.2, 0) is 0 Å². The molecule has 14 heavy (non-hydrogen) atoms. The van der Waals surface area contributed by atoms with Crippen LogP contribution in [0.4, 0.5) is 0 Å². The van der Waals surface area contributed by atoms with E-state index in [0.29, 0.717) is 11.5 Å². The highest BCUT2D eigenvalue weighted by molar-refractivity contribution is 4.72. The van der Waals surface area contributed by atoms with Crippen LogP contribution in [0.25, 0.3) is 0 Å². The van der Waals surface area contributed by atoms with Crippen molar-refractivity contribution in [2.45, 2.75) is 66.8 Å². The molecule has 1 nitrogen and oxygen atoms in total. The molecular weight excluding hydrogens is 170 g/mol. The first kappa shape index (κ1) is 14.0. The van der Waals surface area contributed by atoms with Gasteiger partial charge in [-0.25, -0.2) is 0 Å². The lowest BCUT2D eigenvalue weighted by Crippen LogP contribution is -2.28. The van der Waals surface area contributed by atoms with Crippen LogP contribution in [0.3, 0.4) is 0 Å². The molecule has 1 N–H and O–H groups in total. The molecule has 0 spiro atoms. The predicted molar refractivity (Wildman–Crippen MR) is 65.6 cm³/mol. The standard InChI is InChI=1S/C13H29N/c1-7-10-14-12(3)9-8-11(2)13(4,5)6/h11-12,14H,7-10H2,1-6H3. The lowest BCUT2D eigenvalue weighted by Gasteiger charge is -2.28. The van der Waals surface area contributed by atoms with Gasteiger partial charge in [-0.05, 0) is 44.1 Å². The smallest absolute Gasteiger partial charge is 0.00388 e. The van der Waals surface area contributed by atoms with E-state index >= 15 is 0 Å². The average Bonchev–Trinajstić information content (AvgIpc) is 2.09. The van der Waals surface area contributed by atoms with E-state index in [1.54, 1.807) is 0 Å². The van der Waals surface area contributed by atoms with Gasteiger partial charge in [0.2, 0.25) is 0 Å². The van der Waals surface area contributed by atoms with Crippen molar-refractivity contribution in [3.8, 4) is 0 Å². The molecule has 0 aromatic carbocycles. The van der Waals surface area contributed by atoms with Crippen molar-refractivity contribution < 1.29 is 0 Å². The van der Waals surface area contributed by atoms with Gasteiger partial charge < -0.3 is 5.32 Å². The zero-order chi connectivity index (χ0) is 11.2. The second-order valence-electron chi connectivity index (χ2n) is 5.70. The van der Waals surface area contributed by atoms with Gasteiger partial charge in [0.15, 0.2) is 0 Å². The third kappa shape index (κ3) is 6.42. The highest BCUT2D eigenvalue weighted by Gasteiger charge is 2.19. The highest BCUT2D eigenvalue weighted by atomic mass is 14.9. The number of hydrogen-bond donors (Lipinski definition) is 1. The molecule has 0 amide bonds. The summed E-state index contributed by atoms with van der Waals surface area (Å²) < 4.78 is 0. The third-order valence-electron chi connectivity index (χ3n) is 3.25. The lowest BCUT2D eigenvalue weighted by molar-refractivity contribution is 0.235. The molecular formula is C13H29N. The second-order valence-corrected chi connectivity index (χ2v) is 5.70. The van der Waals surface area contributed by atoms with Crippen LogP contribution in [0, 0.1) is 11.3 Å².